The first kappa shape index (κ1) is 13.9. The Kier molecular flexibility index (Phi) is 3.30. The molecule has 0 bridgehead atoms. The summed E-state index contributed by atoms with van der Waals surface area (Å²) in [5.74, 6) is 0.234. The molecule has 0 N–H and O–H groups in total. The van der Waals surface area contributed by atoms with E-state index in [9.17, 15) is 4.79 Å². The summed E-state index contributed by atoms with van der Waals surface area (Å²) in [5, 5.41) is 0.673. The molecule has 1 aliphatic rings. The van der Waals surface area contributed by atoms with Crippen molar-refractivity contribution in [1.29, 1.82) is 0 Å². The van der Waals surface area contributed by atoms with Gasteiger partial charge in [-0.1, -0.05) is 25.4 Å². The molecule has 0 saturated heterocycles. The molecule has 0 aliphatic heterocycles. The van der Waals surface area contributed by atoms with Crippen LogP contribution in [-0.2, 0) is 6.42 Å². The molecule has 3 rings (SSSR count). The molecule has 104 valence electrons. The van der Waals surface area contributed by atoms with Crippen LogP contribution < -0.4 is 0 Å². The van der Waals surface area contributed by atoms with Crippen molar-refractivity contribution in [3.8, 4) is 5.69 Å². The van der Waals surface area contributed by atoms with Gasteiger partial charge in [0.1, 0.15) is 0 Å². The number of Topliss-reactive ketones (excluding diaryl/α,β-unsaturated/α-hetero) is 1. The third-order valence-corrected chi connectivity index (χ3v) is 4.99. The van der Waals surface area contributed by atoms with Crippen LogP contribution in [0.3, 0.4) is 0 Å². The van der Waals surface area contributed by atoms with Crippen molar-refractivity contribution in [3.05, 3.63) is 51.2 Å². The Morgan fingerprint density at radius 2 is 2.00 bits per heavy atom. The molecule has 0 saturated carbocycles. The highest BCUT2D eigenvalue weighted by Gasteiger charge is 2.33. The Balaban J connectivity index is 2.13. The van der Waals surface area contributed by atoms with E-state index in [0.717, 1.165) is 27.8 Å². The van der Waals surface area contributed by atoms with Gasteiger partial charge < -0.3 is 4.57 Å². The predicted molar refractivity (Wildman–Crippen MR) is 84.9 cm³/mol. The van der Waals surface area contributed by atoms with Gasteiger partial charge in [-0.25, -0.2) is 0 Å². The Hall–Kier alpha value is -1.06. The van der Waals surface area contributed by atoms with E-state index in [1.807, 2.05) is 30.5 Å². The highest BCUT2D eigenvalue weighted by atomic mass is 79.9. The first-order chi connectivity index (χ1) is 9.37. The highest BCUT2D eigenvalue weighted by Crippen LogP contribution is 2.36. The zero-order valence-corrected chi connectivity index (χ0v) is 13.8. The highest BCUT2D eigenvalue weighted by molar-refractivity contribution is 9.10. The molecule has 1 aliphatic carbocycles. The van der Waals surface area contributed by atoms with E-state index in [1.54, 1.807) is 0 Å². The number of carbonyl (C=O) groups excluding carboxylic acids is 1. The van der Waals surface area contributed by atoms with Gasteiger partial charge in [0.15, 0.2) is 5.78 Å². The molecule has 2 nitrogen and oxygen atoms in total. The largest absolute Gasteiger partial charge is 0.320 e. The maximum atomic E-state index is 12.2. The lowest BCUT2D eigenvalue weighted by molar-refractivity contribution is 0.0911. The summed E-state index contributed by atoms with van der Waals surface area (Å²) in [4.78, 5) is 12.2. The number of fused-ring (bicyclic) bond motifs is 1. The van der Waals surface area contributed by atoms with Crippen molar-refractivity contribution in [2.24, 2.45) is 5.41 Å². The molecule has 2 aromatic rings. The van der Waals surface area contributed by atoms with Crippen molar-refractivity contribution < 1.29 is 4.79 Å². The fourth-order valence-corrected chi connectivity index (χ4v) is 3.24. The number of hydrogen-bond acceptors (Lipinski definition) is 1. The van der Waals surface area contributed by atoms with E-state index in [-0.39, 0.29) is 11.2 Å². The summed E-state index contributed by atoms with van der Waals surface area (Å²) in [7, 11) is 0. The molecule has 1 heterocycles. The first-order valence-electron chi connectivity index (χ1n) is 6.56. The molecule has 4 heteroatoms. The van der Waals surface area contributed by atoms with Crippen LogP contribution in [0.15, 0.2) is 34.9 Å². The van der Waals surface area contributed by atoms with Crippen LogP contribution in [0, 0.1) is 5.41 Å². The van der Waals surface area contributed by atoms with E-state index < -0.39 is 0 Å². The average molecular weight is 353 g/mol. The zero-order chi connectivity index (χ0) is 14.5. The molecular formula is C16H15BrClNO. The van der Waals surface area contributed by atoms with Gasteiger partial charge in [0, 0.05) is 34.0 Å². The molecule has 0 unspecified atom stereocenters. The third-order valence-electron chi connectivity index (χ3n) is 3.76. The predicted octanol–water partition coefficient (Wildman–Crippen LogP) is 5.05. The number of nitrogens with zero attached hydrogens (tertiary/aromatic N) is 1. The second-order valence-electron chi connectivity index (χ2n) is 6.09. The SMILES string of the molecule is CC1(C)CC(=O)c2ccn(-c3ccc(Br)c(Cl)c3)c2C1. The summed E-state index contributed by atoms with van der Waals surface area (Å²) in [6, 6.07) is 7.77. The number of halogens is 2. The monoisotopic (exact) mass is 351 g/mol. The van der Waals surface area contributed by atoms with E-state index in [0.29, 0.717) is 11.4 Å². The number of hydrogen-bond donors (Lipinski definition) is 0. The fraction of sp³-hybridized carbons (Fsp3) is 0.312. The molecule has 0 spiro atoms. The van der Waals surface area contributed by atoms with Crippen LogP contribution in [0.1, 0.15) is 36.3 Å². The van der Waals surface area contributed by atoms with Gasteiger partial charge in [-0.05, 0) is 52.0 Å². The van der Waals surface area contributed by atoms with Crippen molar-refractivity contribution >= 4 is 33.3 Å². The number of benzene rings is 1. The van der Waals surface area contributed by atoms with Gasteiger partial charge in [-0.3, -0.25) is 4.79 Å². The van der Waals surface area contributed by atoms with Crippen LogP contribution in [0.25, 0.3) is 5.69 Å². The smallest absolute Gasteiger partial charge is 0.165 e. The Labute approximate surface area is 131 Å². The van der Waals surface area contributed by atoms with Crippen molar-refractivity contribution in [2.75, 3.05) is 0 Å². The maximum Gasteiger partial charge on any atom is 0.165 e. The van der Waals surface area contributed by atoms with Gasteiger partial charge in [0.05, 0.1) is 5.02 Å². The van der Waals surface area contributed by atoms with E-state index in [2.05, 4.69) is 34.3 Å². The fourth-order valence-electron chi connectivity index (χ4n) is 2.82. The Morgan fingerprint density at radius 1 is 1.25 bits per heavy atom. The normalized spacial score (nSPS) is 17.1. The quantitative estimate of drug-likeness (QED) is 0.704. The molecular weight excluding hydrogens is 338 g/mol. The molecule has 20 heavy (non-hydrogen) atoms. The minimum Gasteiger partial charge on any atom is -0.320 e. The summed E-state index contributed by atoms with van der Waals surface area (Å²) >= 11 is 9.57. The summed E-state index contributed by atoms with van der Waals surface area (Å²) in [6.07, 6.45) is 3.48. The molecule has 0 fully saturated rings. The van der Waals surface area contributed by atoms with Crippen molar-refractivity contribution in [3.63, 3.8) is 0 Å². The third kappa shape index (κ3) is 2.33. The second-order valence-corrected chi connectivity index (χ2v) is 7.35. The molecule has 0 amide bonds. The van der Waals surface area contributed by atoms with E-state index >= 15 is 0 Å². The lowest BCUT2D eigenvalue weighted by Gasteiger charge is -2.29. The molecule has 0 radical (unpaired) electrons. The van der Waals surface area contributed by atoms with Crippen LogP contribution in [-0.4, -0.2) is 10.4 Å². The number of rotatable bonds is 1. The van der Waals surface area contributed by atoms with Crippen LogP contribution >= 0.6 is 27.5 Å². The minimum atomic E-state index is 0.0132. The number of aromatic nitrogens is 1. The standard InChI is InChI=1S/C16H15BrClNO/c1-16(2)8-14-11(15(20)9-16)5-6-19(14)10-3-4-12(17)13(18)7-10/h3-7H,8-9H2,1-2H3. The molecule has 0 atom stereocenters. The lowest BCUT2D eigenvalue weighted by Crippen LogP contribution is -2.27. The van der Waals surface area contributed by atoms with E-state index in [4.69, 9.17) is 11.6 Å². The number of carbonyl (C=O) groups is 1. The van der Waals surface area contributed by atoms with Crippen LogP contribution in [0.2, 0.25) is 5.02 Å². The summed E-state index contributed by atoms with van der Waals surface area (Å²) in [6.45, 7) is 4.28. The van der Waals surface area contributed by atoms with Crippen molar-refractivity contribution in [2.45, 2.75) is 26.7 Å². The van der Waals surface area contributed by atoms with Gasteiger partial charge in [-0.2, -0.15) is 0 Å². The maximum absolute atomic E-state index is 12.2. The Bertz CT molecular complexity index is 702. The number of ketones is 1. The van der Waals surface area contributed by atoms with Crippen LogP contribution in [0.4, 0.5) is 0 Å². The van der Waals surface area contributed by atoms with Gasteiger partial charge in [0.2, 0.25) is 0 Å². The van der Waals surface area contributed by atoms with Gasteiger partial charge >= 0.3 is 0 Å². The second kappa shape index (κ2) is 4.74. The van der Waals surface area contributed by atoms with Gasteiger partial charge in [-0.15, -0.1) is 0 Å². The lowest BCUT2D eigenvalue weighted by atomic mass is 9.76. The summed E-state index contributed by atoms with van der Waals surface area (Å²) in [5.41, 5.74) is 2.94. The first-order valence-corrected chi connectivity index (χ1v) is 7.73. The Morgan fingerprint density at radius 3 is 2.70 bits per heavy atom. The zero-order valence-electron chi connectivity index (χ0n) is 11.4. The summed E-state index contributed by atoms with van der Waals surface area (Å²) < 4.78 is 2.95. The topological polar surface area (TPSA) is 22.0 Å². The van der Waals surface area contributed by atoms with Crippen molar-refractivity contribution in [1.82, 2.24) is 4.57 Å². The molecule has 1 aromatic carbocycles. The van der Waals surface area contributed by atoms with Gasteiger partial charge in [0.25, 0.3) is 0 Å². The van der Waals surface area contributed by atoms with E-state index in [1.165, 1.54) is 0 Å². The average Bonchev–Trinajstić information content (AvgIpc) is 2.75. The van der Waals surface area contributed by atoms with Crippen LogP contribution in [0.5, 0.6) is 0 Å². The minimum absolute atomic E-state index is 0.0132. The molecule has 1 aromatic heterocycles.